The van der Waals surface area contributed by atoms with Crippen molar-refractivity contribution in [2.75, 3.05) is 12.9 Å². The average molecular weight is 621 g/mol. The Labute approximate surface area is 261 Å². The zero-order chi connectivity index (χ0) is 30.8. The third-order valence-corrected chi connectivity index (χ3v) is 9.01. The zero-order valence-electron chi connectivity index (χ0n) is 24.3. The van der Waals surface area contributed by atoms with Gasteiger partial charge in [-0.2, -0.15) is 0 Å². The normalized spacial score (nSPS) is 14.7. The van der Waals surface area contributed by atoms with Gasteiger partial charge in [0.25, 0.3) is 5.56 Å². The largest absolute Gasteiger partial charge is 0.463 e. The molecule has 220 valence electrons. The molecule has 0 bridgehead atoms. The van der Waals surface area contributed by atoms with Crippen molar-refractivity contribution in [3.8, 4) is 11.3 Å². The quantitative estimate of drug-likeness (QED) is 0.118. The summed E-state index contributed by atoms with van der Waals surface area (Å²) in [7, 11) is 0. The summed E-state index contributed by atoms with van der Waals surface area (Å²) in [4.78, 5) is 45.8. The molecular formula is C35H28N2O5S2. The number of hydrogen-bond acceptors (Lipinski definition) is 8. The SMILES string of the molecule is CCOC(=O)C1=C(c2ccccc2)N=c2s/c(=C\c3ccc(-c4ccc(C(C)=O)cc4)o3)c(=O)n2C1c1ccc(SC)cc1. The highest BCUT2D eigenvalue weighted by molar-refractivity contribution is 7.98. The van der Waals surface area contributed by atoms with Crippen LogP contribution in [0.15, 0.2) is 116 Å². The van der Waals surface area contributed by atoms with E-state index < -0.39 is 12.0 Å². The third kappa shape index (κ3) is 5.64. The molecule has 1 aliphatic rings. The van der Waals surface area contributed by atoms with Gasteiger partial charge in [-0.1, -0.05) is 78.1 Å². The van der Waals surface area contributed by atoms with Gasteiger partial charge in [-0.3, -0.25) is 14.2 Å². The number of fused-ring (bicyclic) bond motifs is 1. The maximum absolute atomic E-state index is 14.1. The molecule has 44 heavy (non-hydrogen) atoms. The van der Waals surface area contributed by atoms with Gasteiger partial charge in [0.1, 0.15) is 11.5 Å². The topological polar surface area (TPSA) is 90.9 Å². The molecule has 2 aromatic heterocycles. The van der Waals surface area contributed by atoms with Crippen LogP contribution in [0.25, 0.3) is 23.1 Å². The predicted molar refractivity (Wildman–Crippen MR) is 173 cm³/mol. The van der Waals surface area contributed by atoms with Crippen LogP contribution >= 0.6 is 23.1 Å². The van der Waals surface area contributed by atoms with Crippen LogP contribution in [0.5, 0.6) is 0 Å². The number of furan rings is 1. The van der Waals surface area contributed by atoms with E-state index in [2.05, 4.69) is 0 Å². The van der Waals surface area contributed by atoms with Gasteiger partial charge in [-0.05, 0) is 49.9 Å². The van der Waals surface area contributed by atoms with Crippen LogP contribution in [-0.2, 0) is 9.53 Å². The van der Waals surface area contributed by atoms with Crippen molar-refractivity contribution in [1.29, 1.82) is 0 Å². The molecule has 0 saturated carbocycles. The predicted octanol–water partition coefficient (Wildman–Crippen LogP) is 6.12. The van der Waals surface area contributed by atoms with Gasteiger partial charge < -0.3 is 9.15 Å². The summed E-state index contributed by atoms with van der Waals surface area (Å²) in [6.45, 7) is 3.47. The van der Waals surface area contributed by atoms with E-state index in [-0.39, 0.29) is 17.9 Å². The number of benzene rings is 3. The average Bonchev–Trinajstić information content (AvgIpc) is 3.65. The lowest BCUT2D eigenvalue weighted by atomic mass is 9.93. The summed E-state index contributed by atoms with van der Waals surface area (Å²) in [6, 6.07) is 27.4. The number of esters is 1. The highest BCUT2D eigenvalue weighted by Crippen LogP contribution is 2.35. The van der Waals surface area contributed by atoms with Gasteiger partial charge in [-0.25, -0.2) is 9.79 Å². The molecule has 0 fully saturated rings. The van der Waals surface area contributed by atoms with E-state index in [4.69, 9.17) is 14.1 Å². The molecular weight excluding hydrogens is 593 g/mol. The molecule has 3 aromatic carbocycles. The number of nitrogens with zero attached hydrogens (tertiary/aromatic N) is 2. The summed E-state index contributed by atoms with van der Waals surface area (Å²) in [6.07, 6.45) is 3.69. The van der Waals surface area contributed by atoms with Crippen molar-refractivity contribution in [2.24, 2.45) is 4.99 Å². The third-order valence-electron chi connectivity index (χ3n) is 7.28. The van der Waals surface area contributed by atoms with Gasteiger partial charge >= 0.3 is 5.97 Å². The van der Waals surface area contributed by atoms with E-state index >= 15 is 0 Å². The molecule has 9 heteroatoms. The molecule has 0 aliphatic carbocycles. The number of carbonyl (C=O) groups is 2. The smallest absolute Gasteiger partial charge is 0.338 e. The first-order valence-electron chi connectivity index (χ1n) is 14.0. The van der Waals surface area contributed by atoms with E-state index in [0.717, 1.165) is 21.6 Å². The number of thiazole rings is 1. The number of rotatable bonds is 8. The number of Topliss-reactive ketones (excluding diaryl/α,β-unsaturated/α-hetero) is 1. The Kier molecular flexibility index (Phi) is 8.32. The minimum Gasteiger partial charge on any atom is -0.463 e. The molecule has 0 saturated heterocycles. The highest BCUT2D eigenvalue weighted by atomic mass is 32.2. The van der Waals surface area contributed by atoms with Crippen LogP contribution in [0, 0.1) is 0 Å². The van der Waals surface area contributed by atoms with Crippen molar-refractivity contribution >= 4 is 46.6 Å². The van der Waals surface area contributed by atoms with E-state index in [0.29, 0.717) is 37.7 Å². The van der Waals surface area contributed by atoms with Gasteiger partial charge in [0, 0.05) is 27.7 Å². The van der Waals surface area contributed by atoms with E-state index in [1.807, 2.05) is 79.1 Å². The Hall–Kier alpha value is -4.73. The van der Waals surface area contributed by atoms with E-state index in [1.165, 1.54) is 18.3 Å². The number of thioether (sulfide) groups is 1. The van der Waals surface area contributed by atoms with Crippen LogP contribution in [0.2, 0.25) is 0 Å². The fraction of sp³-hybridized carbons (Fsp3) is 0.143. The van der Waals surface area contributed by atoms with Gasteiger partial charge in [0.05, 0.1) is 28.5 Å². The van der Waals surface area contributed by atoms with Crippen molar-refractivity contribution in [3.63, 3.8) is 0 Å². The van der Waals surface area contributed by atoms with Crippen LogP contribution in [0.3, 0.4) is 0 Å². The van der Waals surface area contributed by atoms with Gasteiger partial charge in [0.2, 0.25) is 0 Å². The van der Waals surface area contributed by atoms with Crippen LogP contribution in [-0.4, -0.2) is 29.2 Å². The number of hydrogen-bond donors (Lipinski definition) is 0. The molecule has 6 rings (SSSR count). The van der Waals surface area contributed by atoms with Crippen molar-refractivity contribution in [3.05, 3.63) is 139 Å². The summed E-state index contributed by atoms with van der Waals surface area (Å²) < 4.78 is 13.6. The maximum Gasteiger partial charge on any atom is 0.338 e. The lowest BCUT2D eigenvalue weighted by Crippen LogP contribution is -2.40. The molecule has 0 amide bonds. The van der Waals surface area contributed by atoms with Gasteiger partial charge in [-0.15, -0.1) is 11.8 Å². The monoisotopic (exact) mass is 620 g/mol. The van der Waals surface area contributed by atoms with Crippen molar-refractivity contribution < 1.29 is 18.7 Å². The number of carbonyl (C=O) groups excluding carboxylic acids is 2. The lowest BCUT2D eigenvalue weighted by molar-refractivity contribution is -0.138. The van der Waals surface area contributed by atoms with Gasteiger partial charge in [0.15, 0.2) is 10.6 Å². The summed E-state index contributed by atoms with van der Waals surface area (Å²) >= 11 is 2.85. The molecule has 7 nitrogen and oxygen atoms in total. The minimum atomic E-state index is -0.745. The molecule has 3 heterocycles. The zero-order valence-corrected chi connectivity index (χ0v) is 25.9. The fourth-order valence-electron chi connectivity index (χ4n) is 5.13. The fourth-order valence-corrected chi connectivity index (χ4v) is 6.52. The lowest BCUT2D eigenvalue weighted by Gasteiger charge is -2.26. The number of ketones is 1. The first-order valence-corrected chi connectivity index (χ1v) is 16.1. The second-order valence-corrected chi connectivity index (χ2v) is 11.9. The standard InChI is InChI=1S/C35H28N2O5S2/c1-4-41-34(40)30-31(24-8-6-5-7-9-24)36-35-37(32(30)25-14-17-27(43-3)18-15-25)33(39)29(44-35)20-26-16-19-28(42-26)23-12-10-22(11-13-23)21(2)38/h5-20,32H,4H2,1-3H3/b29-20-. The van der Waals surface area contributed by atoms with Crippen molar-refractivity contribution in [1.82, 2.24) is 4.57 Å². The first kappa shape index (κ1) is 29.3. The molecule has 5 aromatic rings. The molecule has 0 radical (unpaired) electrons. The minimum absolute atomic E-state index is 0.00732. The first-order chi connectivity index (χ1) is 21.4. The Morgan fingerprint density at radius 2 is 1.70 bits per heavy atom. The summed E-state index contributed by atoms with van der Waals surface area (Å²) in [5.41, 5.74) is 3.47. The summed E-state index contributed by atoms with van der Waals surface area (Å²) in [5.74, 6) is 0.582. The number of aromatic nitrogens is 1. The van der Waals surface area contributed by atoms with Crippen LogP contribution in [0.1, 0.15) is 47.1 Å². The molecule has 1 unspecified atom stereocenters. The molecule has 1 aliphatic heterocycles. The number of ether oxygens (including phenoxy) is 1. The molecule has 1 atom stereocenters. The molecule has 0 spiro atoms. The van der Waals surface area contributed by atoms with E-state index in [9.17, 15) is 14.4 Å². The van der Waals surface area contributed by atoms with Crippen LogP contribution < -0.4 is 14.9 Å². The highest BCUT2D eigenvalue weighted by Gasteiger charge is 2.35. The second kappa shape index (κ2) is 12.5. The van der Waals surface area contributed by atoms with Crippen LogP contribution in [0.4, 0.5) is 0 Å². The Morgan fingerprint density at radius 3 is 2.36 bits per heavy atom. The Bertz CT molecular complexity index is 2070. The molecule has 0 N–H and O–H groups in total. The second-order valence-electron chi connectivity index (χ2n) is 10.0. The van der Waals surface area contributed by atoms with E-state index in [1.54, 1.807) is 47.5 Å². The van der Waals surface area contributed by atoms with Crippen molar-refractivity contribution in [2.45, 2.75) is 24.8 Å². The Balaban J connectivity index is 1.52. The maximum atomic E-state index is 14.1. The Morgan fingerprint density at radius 1 is 0.977 bits per heavy atom. The summed E-state index contributed by atoms with van der Waals surface area (Å²) in [5, 5.41) is 0.